The first-order valence-electron chi connectivity index (χ1n) is 9.06. The predicted molar refractivity (Wildman–Crippen MR) is 101 cm³/mol. The number of aromatic nitrogens is 3. The molecule has 3 rings (SSSR count). The van der Waals surface area contributed by atoms with Crippen LogP contribution in [0, 0.1) is 18.3 Å². The Morgan fingerprint density at radius 1 is 1.23 bits per heavy atom. The lowest BCUT2D eigenvalue weighted by atomic mass is 9.90. The second kappa shape index (κ2) is 6.70. The lowest BCUT2D eigenvalue weighted by Gasteiger charge is -2.35. The van der Waals surface area contributed by atoms with Gasteiger partial charge < -0.3 is 10.2 Å². The van der Waals surface area contributed by atoms with Crippen LogP contribution in [0.15, 0.2) is 12.3 Å². The number of likely N-dealkylation sites (tertiary alicyclic amines) is 1. The number of hydrogen-bond acceptors (Lipinski definition) is 4. The van der Waals surface area contributed by atoms with Crippen LogP contribution in [0.4, 0.5) is 5.69 Å². The molecule has 1 N–H and O–H groups in total. The summed E-state index contributed by atoms with van der Waals surface area (Å²) in [6.07, 6.45) is 3.05. The smallest absolute Gasteiger partial charge is 0.227 e. The van der Waals surface area contributed by atoms with Gasteiger partial charge in [-0.3, -0.25) is 14.3 Å². The Balaban J connectivity index is 1.63. The molecule has 2 aromatic rings. The summed E-state index contributed by atoms with van der Waals surface area (Å²) in [5.41, 5.74) is 2.00. The van der Waals surface area contributed by atoms with Gasteiger partial charge in [-0.15, -0.1) is 0 Å². The van der Waals surface area contributed by atoms with Gasteiger partial charge in [0.25, 0.3) is 0 Å². The monoisotopic (exact) mass is 357 g/mol. The Kier molecular flexibility index (Phi) is 4.73. The summed E-state index contributed by atoms with van der Waals surface area (Å²) >= 11 is 0. The van der Waals surface area contributed by atoms with Gasteiger partial charge in [-0.1, -0.05) is 20.8 Å². The molecule has 0 spiro atoms. The first-order chi connectivity index (χ1) is 12.2. The second-order valence-corrected chi connectivity index (χ2v) is 8.11. The second-order valence-electron chi connectivity index (χ2n) is 8.11. The summed E-state index contributed by atoms with van der Waals surface area (Å²) in [6, 6.07) is 1.92. The van der Waals surface area contributed by atoms with Gasteiger partial charge in [0, 0.05) is 36.9 Å². The van der Waals surface area contributed by atoms with E-state index < -0.39 is 0 Å². The van der Waals surface area contributed by atoms with E-state index in [4.69, 9.17) is 0 Å². The zero-order valence-electron chi connectivity index (χ0n) is 16.2. The maximum Gasteiger partial charge on any atom is 0.227 e. The van der Waals surface area contributed by atoms with Crippen molar-refractivity contribution >= 4 is 28.5 Å². The van der Waals surface area contributed by atoms with Gasteiger partial charge >= 0.3 is 0 Å². The molecule has 140 valence electrons. The zero-order chi connectivity index (χ0) is 19.1. The van der Waals surface area contributed by atoms with Crippen molar-refractivity contribution in [3.8, 4) is 0 Å². The van der Waals surface area contributed by atoms with Crippen LogP contribution in [0.3, 0.4) is 0 Å². The van der Waals surface area contributed by atoms with Crippen molar-refractivity contribution in [3.63, 3.8) is 0 Å². The molecule has 0 aliphatic carbocycles. The number of piperidine rings is 1. The summed E-state index contributed by atoms with van der Waals surface area (Å²) < 4.78 is 1.73. The first kappa shape index (κ1) is 18.4. The standard InChI is InChI=1S/C19H27N5O2/c1-12-15-10-14(11-20-16(15)23(5)22-12)21-17(25)13-6-8-24(9-7-13)18(26)19(2,3)4/h10-11,13H,6-9H2,1-5H3,(H,21,25). The van der Waals surface area contributed by atoms with Crippen molar-refractivity contribution in [2.45, 2.75) is 40.5 Å². The van der Waals surface area contributed by atoms with E-state index >= 15 is 0 Å². The van der Waals surface area contributed by atoms with Crippen LogP contribution in [-0.4, -0.2) is 44.6 Å². The fourth-order valence-electron chi connectivity index (χ4n) is 3.44. The van der Waals surface area contributed by atoms with Crippen LogP contribution < -0.4 is 5.32 Å². The SMILES string of the molecule is Cc1nn(C)c2ncc(NC(=O)C3CCN(C(=O)C(C)(C)C)CC3)cc12. The fraction of sp³-hybridized carbons (Fsp3) is 0.579. The Labute approximate surface area is 153 Å². The van der Waals surface area contributed by atoms with Crippen LogP contribution in [-0.2, 0) is 16.6 Å². The number of rotatable bonds is 2. The van der Waals surface area contributed by atoms with Gasteiger partial charge in [0.2, 0.25) is 11.8 Å². The molecule has 3 heterocycles. The fourth-order valence-corrected chi connectivity index (χ4v) is 3.44. The molecular weight excluding hydrogens is 330 g/mol. The third kappa shape index (κ3) is 3.57. The van der Waals surface area contributed by atoms with Crippen LogP contribution in [0.5, 0.6) is 0 Å². The number of hydrogen-bond donors (Lipinski definition) is 1. The van der Waals surface area contributed by atoms with Crippen molar-refractivity contribution in [2.75, 3.05) is 18.4 Å². The number of carbonyl (C=O) groups excluding carboxylic acids is 2. The highest BCUT2D eigenvalue weighted by atomic mass is 16.2. The van der Waals surface area contributed by atoms with Gasteiger partial charge in [-0.25, -0.2) is 4.98 Å². The van der Waals surface area contributed by atoms with E-state index in [-0.39, 0.29) is 23.1 Å². The molecule has 0 radical (unpaired) electrons. The van der Waals surface area contributed by atoms with E-state index in [1.165, 1.54) is 0 Å². The lowest BCUT2D eigenvalue weighted by molar-refractivity contribution is -0.142. The molecule has 0 aromatic carbocycles. The highest BCUT2D eigenvalue weighted by Crippen LogP contribution is 2.25. The Hall–Kier alpha value is -2.44. The summed E-state index contributed by atoms with van der Waals surface area (Å²) in [5, 5.41) is 8.26. The molecule has 7 nitrogen and oxygen atoms in total. The molecule has 0 bridgehead atoms. The Morgan fingerprint density at radius 2 is 1.88 bits per heavy atom. The quantitative estimate of drug-likeness (QED) is 0.895. The molecule has 1 fully saturated rings. The molecule has 2 aromatic heterocycles. The van der Waals surface area contributed by atoms with Crippen molar-refractivity contribution in [3.05, 3.63) is 18.0 Å². The van der Waals surface area contributed by atoms with Gasteiger partial charge in [-0.2, -0.15) is 5.10 Å². The van der Waals surface area contributed by atoms with Gasteiger partial charge in [0.05, 0.1) is 17.6 Å². The molecule has 7 heteroatoms. The largest absolute Gasteiger partial charge is 0.342 e. The normalized spacial score (nSPS) is 16.1. The van der Waals surface area contributed by atoms with Crippen molar-refractivity contribution in [1.29, 1.82) is 0 Å². The van der Waals surface area contributed by atoms with E-state index in [1.54, 1.807) is 10.9 Å². The maximum atomic E-state index is 12.6. The molecule has 2 amide bonds. The van der Waals surface area contributed by atoms with E-state index in [0.29, 0.717) is 31.6 Å². The minimum Gasteiger partial charge on any atom is -0.342 e. The molecule has 0 saturated carbocycles. The topological polar surface area (TPSA) is 80.1 Å². The third-order valence-corrected chi connectivity index (χ3v) is 4.93. The van der Waals surface area contributed by atoms with Crippen LogP contribution in [0.2, 0.25) is 0 Å². The van der Waals surface area contributed by atoms with E-state index in [1.807, 2.05) is 45.7 Å². The average Bonchev–Trinajstić information content (AvgIpc) is 2.87. The summed E-state index contributed by atoms with van der Waals surface area (Å²) in [6.45, 7) is 8.98. The first-order valence-corrected chi connectivity index (χ1v) is 9.06. The summed E-state index contributed by atoms with van der Waals surface area (Å²) in [4.78, 5) is 31.2. The average molecular weight is 357 g/mol. The number of fused-ring (bicyclic) bond motifs is 1. The van der Waals surface area contributed by atoms with Gasteiger partial charge in [-0.05, 0) is 25.8 Å². The minimum absolute atomic E-state index is 0.00412. The predicted octanol–water partition coefficient (Wildman–Crippen LogP) is 2.50. The van der Waals surface area contributed by atoms with Crippen LogP contribution >= 0.6 is 0 Å². The van der Waals surface area contributed by atoms with Crippen molar-refractivity contribution < 1.29 is 9.59 Å². The lowest BCUT2D eigenvalue weighted by Crippen LogP contribution is -2.45. The van der Waals surface area contributed by atoms with E-state index in [0.717, 1.165) is 16.7 Å². The van der Waals surface area contributed by atoms with Crippen molar-refractivity contribution in [2.24, 2.45) is 18.4 Å². The number of anilines is 1. The molecule has 1 saturated heterocycles. The van der Waals surface area contributed by atoms with E-state index in [9.17, 15) is 9.59 Å². The molecule has 1 aliphatic rings. The van der Waals surface area contributed by atoms with Gasteiger partial charge in [0.1, 0.15) is 0 Å². The zero-order valence-corrected chi connectivity index (χ0v) is 16.2. The summed E-state index contributed by atoms with van der Waals surface area (Å²) in [5.74, 6) is 0.0679. The number of aryl methyl sites for hydroxylation is 2. The highest BCUT2D eigenvalue weighted by Gasteiger charge is 2.32. The van der Waals surface area contributed by atoms with E-state index in [2.05, 4.69) is 15.4 Å². The number of nitrogens with one attached hydrogen (secondary N) is 1. The summed E-state index contributed by atoms with van der Waals surface area (Å²) in [7, 11) is 1.85. The number of nitrogens with zero attached hydrogens (tertiary/aromatic N) is 4. The number of amides is 2. The Bertz CT molecular complexity index is 841. The minimum atomic E-state index is -0.377. The van der Waals surface area contributed by atoms with Crippen LogP contribution in [0.1, 0.15) is 39.3 Å². The van der Waals surface area contributed by atoms with Crippen molar-refractivity contribution in [1.82, 2.24) is 19.7 Å². The molecule has 26 heavy (non-hydrogen) atoms. The maximum absolute atomic E-state index is 12.6. The van der Waals surface area contributed by atoms with Crippen LogP contribution in [0.25, 0.3) is 11.0 Å². The Morgan fingerprint density at radius 3 is 2.50 bits per heavy atom. The molecule has 1 aliphatic heterocycles. The molecular formula is C19H27N5O2. The number of pyridine rings is 1. The molecule has 0 unspecified atom stereocenters. The van der Waals surface area contributed by atoms with Gasteiger partial charge in [0.15, 0.2) is 5.65 Å². The third-order valence-electron chi connectivity index (χ3n) is 4.93. The number of carbonyl (C=O) groups is 2. The molecule has 0 atom stereocenters. The highest BCUT2D eigenvalue weighted by molar-refractivity contribution is 5.94.